The highest BCUT2D eigenvalue weighted by Gasteiger charge is 2.31. The quantitative estimate of drug-likeness (QED) is 0.897. The fourth-order valence-corrected chi connectivity index (χ4v) is 2.92. The molecule has 0 bridgehead atoms. The summed E-state index contributed by atoms with van der Waals surface area (Å²) in [4.78, 5) is 2.38. The molecule has 0 aromatic heterocycles. The molecule has 1 atom stereocenters. The van der Waals surface area contributed by atoms with E-state index < -0.39 is 0 Å². The Bertz CT molecular complexity index is 447. The zero-order valence-electron chi connectivity index (χ0n) is 11.5. The minimum atomic E-state index is -0.274. The third-order valence-electron chi connectivity index (χ3n) is 4.19. The molecule has 3 rings (SSSR count). The van der Waals surface area contributed by atoms with Gasteiger partial charge in [0.2, 0.25) is 0 Å². The van der Waals surface area contributed by atoms with Crippen LogP contribution in [0.25, 0.3) is 0 Å². The molecule has 1 aromatic rings. The number of halogens is 2. The first-order valence-electron chi connectivity index (χ1n) is 7.17. The van der Waals surface area contributed by atoms with E-state index in [0.29, 0.717) is 0 Å². The Kier molecular flexibility index (Phi) is 5.24. The van der Waals surface area contributed by atoms with Gasteiger partial charge in [0.25, 0.3) is 0 Å². The van der Waals surface area contributed by atoms with Crippen molar-refractivity contribution in [2.24, 2.45) is 5.92 Å². The maximum Gasteiger partial charge on any atom is 0.131 e. The second-order valence-electron chi connectivity index (χ2n) is 5.69. The minimum Gasteiger partial charge on any atom is -0.508 e. The van der Waals surface area contributed by atoms with Gasteiger partial charge in [-0.2, -0.15) is 0 Å². The molecule has 1 saturated heterocycles. The zero-order chi connectivity index (χ0) is 13.2. The number of rotatable bonds is 4. The van der Waals surface area contributed by atoms with Crippen molar-refractivity contribution < 1.29 is 9.50 Å². The van der Waals surface area contributed by atoms with Gasteiger partial charge in [0.05, 0.1) is 0 Å². The molecule has 1 aliphatic carbocycles. The van der Waals surface area contributed by atoms with Gasteiger partial charge in [-0.05, 0) is 18.4 Å². The SMILES string of the molecule is Cl.Oc1ccc([C@@H](CC2CC2)N2CCNCC2)c(F)c1. The smallest absolute Gasteiger partial charge is 0.131 e. The van der Waals surface area contributed by atoms with Crippen LogP contribution in [0.15, 0.2) is 18.2 Å². The summed E-state index contributed by atoms with van der Waals surface area (Å²) in [5.74, 6) is 0.490. The van der Waals surface area contributed by atoms with E-state index in [0.717, 1.165) is 44.1 Å². The Morgan fingerprint density at radius 1 is 1.30 bits per heavy atom. The summed E-state index contributed by atoms with van der Waals surface area (Å²) in [6.45, 7) is 3.89. The van der Waals surface area contributed by atoms with Gasteiger partial charge in [-0.1, -0.05) is 18.9 Å². The van der Waals surface area contributed by atoms with Crippen LogP contribution < -0.4 is 5.32 Å². The third kappa shape index (κ3) is 3.62. The van der Waals surface area contributed by atoms with Gasteiger partial charge in [0.1, 0.15) is 11.6 Å². The molecule has 0 spiro atoms. The van der Waals surface area contributed by atoms with E-state index in [1.54, 1.807) is 12.1 Å². The lowest BCUT2D eigenvalue weighted by molar-refractivity contribution is 0.157. The summed E-state index contributed by atoms with van der Waals surface area (Å²) < 4.78 is 14.1. The lowest BCUT2D eigenvalue weighted by Crippen LogP contribution is -2.45. The molecule has 20 heavy (non-hydrogen) atoms. The Hall–Kier alpha value is -0.840. The predicted octanol–water partition coefficient (Wildman–Crippen LogP) is 2.70. The zero-order valence-corrected chi connectivity index (χ0v) is 12.3. The highest BCUT2D eigenvalue weighted by atomic mass is 35.5. The summed E-state index contributed by atoms with van der Waals surface area (Å²) >= 11 is 0. The summed E-state index contributed by atoms with van der Waals surface area (Å²) in [6.07, 6.45) is 3.60. The molecule has 1 saturated carbocycles. The molecule has 1 aromatic carbocycles. The van der Waals surface area contributed by atoms with Gasteiger partial charge in [-0.25, -0.2) is 4.39 Å². The number of phenols is 1. The first-order valence-corrected chi connectivity index (χ1v) is 7.17. The summed E-state index contributed by atoms with van der Waals surface area (Å²) in [5.41, 5.74) is 0.742. The van der Waals surface area contributed by atoms with Crippen molar-refractivity contribution in [3.63, 3.8) is 0 Å². The van der Waals surface area contributed by atoms with Gasteiger partial charge in [0, 0.05) is 43.9 Å². The van der Waals surface area contributed by atoms with Gasteiger partial charge in [0.15, 0.2) is 0 Å². The van der Waals surface area contributed by atoms with E-state index in [4.69, 9.17) is 0 Å². The number of nitrogens with one attached hydrogen (secondary N) is 1. The fourth-order valence-electron chi connectivity index (χ4n) is 2.92. The van der Waals surface area contributed by atoms with Gasteiger partial charge >= 0.3 is 0 Å². The number of aromatic hydroxyl groups is 1. The van der Waals surface area contributed by atoms with Crippen LogP contribution in [0.1, 0.15) is 30.9 Å². The summed E-state index contributed by atoms with van der Waals surface area (Å²) in [7, 11) is 0. The van der Waals surface area contributed by atoms with Crippen molar-refractivity contribution in [3.8, 4) is 5.75 Å². The first-order chi connectivity index (χ1) is 9.24. The first kappa shape index (κ1) is 15.5. The Morgan fingerprint density at radius 3 is 2.60 bits per heavy atom. The number of benzene rings is 1. The van der Waals surface area contributed by atoms with Crippen molar-refractivity contribution in [1.82, 2.24) is 10.2 Å². The average Bonchev–Trinajstić information content (AvgIpc) is 3.22. The summed E-state index contributed by atoms with van der Waals surface area (Å²) in [5, 5.41) is 12.7. The Labute approximate surface area is 125 Å². The normalized spacial score (nSPS) is 21.2. The van der Waals surface area contributed by atoms with Gasteiger partial charge in [-0.3, -0.25) is 4.90 Å². The molecule has 1 aliphatic heterocycles. The number of phenolic OH excluding ortho intramolecular Hbond substituents is 1. The van der Waals surface area contributed by atoms with Gasteiger partial charge < -0.3 is 10.4 Å². The van der Waals surface area contributed by atoms with E-state index in [1.807, 2.05) is 0 Å². The van der Waals surface area contributed by atoms with Crippen molar-refractivity contribution in [2.75, 3.05) is 26.2 Å². The second kappa shape index (κ2) is 6.74. The molecule has 1 heterocycles. The monoisotopic (exact) mass is 300 g/mol. The van der Waals surface area contributed by atoms with E-state index >= 15 is 0 Å². The van der Waals surface area contributed by atoms with E-state index in [1.165, 1.54) is 18.9 Å². The number of piperazine rings is 1. The molecular weight excluding hydrogens is 279 g/mol. The highest BCUT2D eigenvalue weighted by Crippen LogP contribution is 2.41. The molecule has 0 radical (unpaired) electrons. The standard InChI is InChI=1S/C15H21FN2O.ClH/c16-14-10-12(19)3-4-13(14)15(9-11-1-2-11)18-7-5-17-6-8-18;/h3-4,10-11,15,17,19H,1-2,5-9H2;1H/t15-;/m1./s1. The van der Waals surface area contributed by atoms with Crippen LogP contribution in [0.2, 0.25) is 0 Å². The Morgan fingerprint density at radius 2 is 2.00 bits per heavy atom. The minimum absolute atomic E-state index is 0. The Balaban J connectivity index is 0.00000147. The van der Waals surface area contributed by atoms with Crippen LogP contribution in [-0.4, -0.2) is 36.2 Å². The lowest BCUT2D eigenvalue weighted by atomic mass is 9.98. The topological polar surface area (TPSA) is 35.5 Å². The number of hydrogen-bond donors (Lipinski definition) is 2. The summed E-state index contributed by atoms with van der Waals surface area (Å²) in [6, 6.07) is 4.74. The van der Waals surface area contributed by atoms with Crippen molar-refractivity contribution in [3.05, 3.63) is 29.6 Å². The molecular formula is C15H22ClFN2O. The largest absolute Gasteiger partial charge is 0.508 e. The molecule has 112 valence electrons. The molecule has 2 N–H and O–H groups in total. The molecule has 5 heteroatoms. The maximum atomic E-state index is 14.1. The molecule has 3 nitrogen and oxygen atoms in total. The van der Waals surface area contributed by atoms with Crippen molar-refractivity contribution in [2.45, 2.75) is 25.3 Å². The molecule has 0 amide bonds. The second-order valence-corrected chi connectivity index (χ2v) is 5.69. The van der Waals surface area contributed by atoms with Crippen LogP contribution in [0, 0.1) is 11.7 Å². The highest BCUT2D eigenvalue weighted by molar-refractivity contribution is 5.85. The fraction of sp³-hybridized carbons (Fsp3) is 0.600. The number of nitrogens with zero attached hydrogens (tertiary/aromatic N) is 1. The van der Waals surface area contributed by atoms with E-state index in [9.17, 15) is 9.50 Å². The van der Waals surface area contributed by atoms with Crippen LogP contribution in [-0.2, 0) is 0 Å². The van der Waals surface area contributed by atoms with Crippen molar-refractivity contribution >= 4 is 12.4 Å². The molecule has 0 unspecified atom stereocenters. The third-order valence-corrected chi connectivity index (χ3v) is 4.19. The average molecular weight is 301 g/mol. The molecule has 2 aliphatic rings. The van der Waals surface area contributed by atoms with E-state index in [-0.39, 0.29) is 30.0 Å². The van der Waals surface area contributed by atoms with Crippen LogP contribution in [0.3, 0.4) is 0 Å². The lowest BCUT2D eigenvalue weighted by Gasteiger charge is -2.35. The van der Waals surface area contributed by atoms with Crippen LogP contribution in [0.5, 0.6) is 5.75 Å². The molecule has 2 fully saturated rings. The van der Waals surface area contributed by atoms with Crippen molar-refractivity contribution in [1.29, 1.82) is 0 Å². The number of hydrogen-bond acceptors (Lipinski definition) is 3. The maximum absolute atomic E-state index is 14.1. The van der Waals surface area contributed by atoms with E-state index in [2.05, 4.69) is 10.2 Å². The van der Waals surface area contributed by atoms with Crippen LogP contribution in [0.4, 0.5) is 4.39 Å². The van der Waals surface area contributed by atoms with Gasteiger partial charge in [-0.15, -0.1) is 12.4 Å². The predicted molar refractivity (Wildman–Crippen MR) is 79.8 cm³/mol. The van der Waals surface area contributed by atoms with Crippen LogP contribution >= 0.6 is 12.4 Å².